The molecule has 0 unspecified atom stereocenters. The molecular formula is C12H20Cl2. The van der Waals surface area contributed by atoms with Crippen molar-refractivity contribution in [2.45, 2.75) is 41.0 Å². The highest BCUT2D eigenvalue weighted by molar-refractivity contribution is 6.35. The monoisotopic (exact) mass is 234 g/mol. The molecule has 82 valence electrons. The Balaban J connectivity index is 0. The Bertz CT molecular complexity index is 232. The standard InChI is InChI=1S/C8H8Cl2.2C2H6/c1-2-6-3-4-7(9)5-8(6)10;2*1-2/h3-5H,2H2,1H3;2*1-2H3. The molecule has 0 aliphatic heterocycles. The fourth-order valence-electron chi connectivity index (χ4n) is 0.808. The van der Waals surface area contributed by atoms with Gasteiger partial charge in [0.1, 0.15) is 0 Å². The van der Waals surface area contributed by atoms with Crippen LogP contribution < -0.4 is 0 Å². The van der Waals surface area contributed by atoms with Crippen LogP contribution in [0.1, 0.15) is 40.2 Å². The highest BCUT2D eigenvalue weighted by atomic mass is 35.5. The van der Waals surface area contributed by atoms with Gasteiger partial charge >= 0.3 is 0 Å². The molecule has 0 aromatic heterocycles. The van der Waals surface area contributed by atoms with E-state index in [1.54, 1.807) is 6.07 Å². The molecule has 0 nitrogen and oxygen atoms in total. The zero-order chi connectivity index (χ0) is 11.6. The SMILES string of the molecule is CC.CC.CCc1ccc(Cl)cc1Cl. The smallest absolute Gasteiger partial charge is 0.0452 e. The van der Waals surface area contributed by atoms with Crippen molar-refractivity contribution in [3.8, 4) is 0 Å². The minimum atomic E-state index is 0.696. The molecule has 0 amide bonds. The maximum atomic E-state index is 5.85. The maximum Gasteiger partial charge on any atom is 0.0452 e. The highest BCUT2D eigenvalue weighted by Gasteiger charge is 1.96. The lowest BCUT2D eigenvalue weighted by atomic mass is 10.2. The Labute approximate surface area is 98.2 Å². The summed E-state index contributed by atoms with van der Waals surface area (Å²) in [6, 6.07) is 5.57. The first kappa shape index (κ1) is 16.2. The van der Waals surface area contributed by atoms with Crippen LogP contribution in [0, 0.1) is 0 Å². The van der Waals surface area contributed by atoms with Crippen molar-refractivity contribution in [1.82, 2.24) is 0 Å². The van der Waals surface area contributed by atoms with Gasteiger partial charge in [0.2, 0.25) is 0 Å². The zero-order valence-electron chi connectivity index (χ0n) is 9.70. The minimum Gasteiger partial charge on any atom is -0.0843 e. The number of halogens is 2. The molecule has 0 aliphatic rings. The van der Waals surface area contributed by atoms with E-state index in [-0.39, 0.29) is 0 Å². The molecule has 1 rings (SSSR count). The summed E-state index contributed by atoms with van der Waals surface area (Å²) in [6.45, 7) is 10.1. The predicted octanol–water partition coefficient (Wildman–Crippen LogP) is 5.61. The second kappa shape index (κ2) is 10.9. The van der Waals surface area contributed by atoms with Crippen molar-refractivity contribution in [2.24, 2.45) is 0 Å². The summed E-state index contributed by atoms with van der Waals surface area (Å²) in [4.78, 5) is 0. The van der Waals surface area contributed by atoms with Crippen molar-refractivity contribution in [3.63, 3.8) is 0 Å². The van der Waals surface area contributed by atoms with E-state index in [2.05, 4.69) is 6.92 Å². The number of rotatable bonds is 1. The van der Waals surface area contributed by atoms with Gasteiger partial charge in [0.15, 0.2) is 0 Å². The molecule has 0 fully saturated rings. The molecule has 1 aromatic rings. The average Bonchev–Trinajstić information content (AvgIpc) is 2.24. The average molecular weight is 235 g/mol. The van der Waals surface area contributed by atoms with Crippen molar-refractivity contribution < 1.29 is 0 Å². The molecular weight excluding hydrogens is 215 g/mol. The molecule has 0 aliphatic carbocycles. The molecule has 0 atom stereocenters. The van der Waals surface area contributed by atoms with Crippen LogP contribution in [-0.4, -0.2) is 0 Å². The molecule has 0 spiro atoms. The van der Waals surface area contributed by atoms with Crippen molar-refractivity contribution in [2.75, 3.05) is 0 Å². The quantitative estimate of drug-likeness (QED) is 0.593. The van der Waals surface area contributed by atoms with Crippen molar-refractivity contribution >= 4 is 23.2 Å². The third-order valence-corrected chi connectivity index (χ3v) is 1.98. The van der Waals surface area contributed by atoms with Crippen LogP contribution >= 0.6 is 23.2 Å². The summed E-state index contributed by atoms with van der Waals surface area (Å²) in [5, 5.41) is 1.46. The van der Waals surface area contributed by atoms with Crippen LogP contribution in [0.25, 0.3) is 0 Å². The van der Waals surface area contributed by atoms with E-state index in [1.165, 1.54) is 0 Å². The van der Waals surface area contributed by atoms with Crippen LogP contribution in [-0.2, 0) is 6.42 Å². The summed E-state index contributed by atoms with van der Waals surface area (Å²) >= 11 is 11.5. The Morgan fingerprint density at radius 2 is 1.50 bits per heavy atom. The third-order valence-electron chi connectivity index (χ3n) is 1.40. The molecule has 0 heterocycles. The maximum absolute atomic E-state index is 5.85. The second-order valence-electron chi connectivity index (χ2n) is 2.09. The fourth-order valence-corrected chi connectivity index (χ4v) is 1.35. The summed E-state index contributed by atoms with van der Waals surface area (Å²) < 4.78 is 0. The topological polar surface area (TPSA) is 0 Å². The van der Waals surface area contributed by atoms with E-state index in [1.807, 2.05) is 39.8 Å². The molecule has 0 N–H and O–H groups in total. The summed E-state index contributed by atoms with van der Waals surface area (Å²) in [7, 11) is 0. The van der Waals surface area contributed by atoms with Crippen LogP contribution in [0.4, 0.5) is 0 Å². The van der Waals surface area contributed by atoms with Gasteiger partial charge in [0.05, 0.1) is 0 Å². The van der Waals surface area contributed by atoms with Gasteiger partial charge in [-0.15, -0.1) is 0 Å². The number of benzene rings is 1. The molecule has 0 bridgehead atoms. The number of hydrogen-bond acceptors (Lipinski definition) is 0. The number of hydrogen-bond donors (Lipinski definition) is 0. The van der Waals surface area contributed by atoms with Crippen LogP contribution in [0.2, 0.25) is 10.0 Å². The number of aryl methyl sites for hydroxylation is 1. The molecule has 0 saturated carbocycles. The van der Waals surface area contributed by atoms with E-state index in [0.717, 1.165) is 17.0 Å². The van der Waals surface area contributed by atoms with E-state index in [0.29, 0.717) is 5.02 Å². The molecule has 2 heteroatoms. The Morgan fingerprint density at radius 3 is 1.86 bits per heavy atom. The summed E-state index contributed by atoms with van der Waals surface area (Å²) in [5.41, 5.74) is 1.14. The molecule has 1 aromatic carbocycles. The second-order valence-corrected chi connectivity index (χ2v) is 2.93. The third kappa shape index (κ3) is 6.28. The van der Waals surface area contributed by atoms with Gasteiger partial charge in [-0.2, -0.15) is 0 Å². The van der Waals surface area contributed by atoms with Gasteiger partial charge < -0.3 is 0 Å². The minimum absolute atomic E-state index is 0.696. The summed E-state index contributed by atoms with van der Waals surface area (Å²) in [6.07, 6.45) is 0.954. The Hall–Kier alpha value is -0.200. The van der Waals surface area contributed by atoms with E-state index < -0.39 is 0 Å². The van der Waals surface area contributed by atoms with E-state index in [4.69, 9.17) is 23.2 Å². The van der Waals surface area contributed by atoms with Crippen LogP contribution in [0.5, 0.6) is 0 Å². The van der Waals surface area contributed by atoms with E-state index >= 15 is 0 Å². The Kier molecular flexibility index (Phi) is 12.6. The fraction of sp³-hybridized carbons (Fsp3) is 0.500. The van der Waals surface area contributed by atoms with Crippen LogP contribution in [0.15, 0.2) is 18.2 Å². The molecule has 0 radical (unpaired) electrons. The van der Waals surface area contributed by atoms with Gasteiger partial charge in [-0.25, -0.2) is 0 Å². The summed E-state index contributed by atoms with van der Waals surface area (Å²) in [5.74, 6) is 0. The van der Waals surface area contributed by atoms with Gasteiger partial charge in [-0.1, -0.05) is 63.9 Å². The first-order valence-electron chi connectivity index (χ1n) is 5.18. The highest BCUT2D eigenvalue weighted by Crippen LogP contribution is 2.20. The Morgan fingerprint density at radius 1 is 1.00 bits per heavy atom. The van der Waals surface area contributed by atoms with Crippen LogP contribution in [0.3, 0.4) is 0 Å². The molecule has 14 heavy (non-hydrogen) atoms. The van der Waals surface area contributed by atoms with Gasteiger partial charge in [0, 0.05) is 10.0 Å². The lowest BCUT2D eigenvalue weighted by Crippen LogP contribution is -1.79. The van der Waals surface area contributed by atoms with Gasteiger partial charge in [-0.05, 0) is 24.1 Å². The van der Waals surface area contributed by atoms with Gasteiger partial charge in [0.25, 0.3) is 0 Å². The first-order valence-corrected chi connectivity index (χ1v) is 5.93. The lowest BCUT2D eigenvalue weighted by Gasteiger charge is -1.98. The van der Waals surface area contributed by atoms with Crippen molar-refractivity contribution in [1.29, 1.82) is 0 Å². The predicted molar refractivity (Wildman–Crippen MR) is 68.5 cm³/mol. The lowest BCUT2D eigenvalue weighted by molar-refractivity contribution is 1.14. The normalized spacial score (nSPS) is 7.93. The zero-order valence-corrected chi connectivity index (χ0v) is 11.2. The van der Waals surface area contributed by atoms with E-state index in [9.17, 15) is 0 Å². The molecule has 0 saturated heterocycles. The van der Waals surface area contributed by atoms with Gasteiger partial charge in [-0.3, -0.25) is 0 Å². The first-order chi connectivity index (χ1) is 6.74. The largest absolute Gasteiger partial charge is 0.0843 e. The van der Waals surface area contributed by atoms with Crippen molar-refractivity contribution in [3.05, 3.63) is 33.8 Å².